The topological polar surface area (TPSA) is 20.2 Å². The molecule has 0 atom stereocenters. The van der Waals surface area contributed by atoms with Crippen LogP contribution in [0, 0.1) is 0 Å². The van der Waals surface area contributed by atoms with E-state index in [1.807, 2.05) is 78.9 Å². The summed E-state index contributed by atoms with van der Waals surface area (Å²) in [4.78, 5) is 0. The van der Waals surface area contributed by atoms with Crippen LogP contribution in [0.15, 0.2) is 163 Å². The van der Waals surface area contributed by atoms with Gasteiger partial charge in [0.05, 0.1) is 0 Å². The van der Waals surface area contributed by atoms with Crippen LogP contribution in [0.2, 0.25) is 0 Å². The minimum absolute atomic E-state index is 0.811. The summed E-state index contributed by atoms with van der Waals surface area (Å²) in [6, 6.07) is 51.6. The molecule has 0 fully saturated rings. The third-order valence-electron chi connectivity index (χ3n) is 6.89. The molecule has 0 heterocycles. The fourth-order valence-electron chi connectivity index (χ4n) is 5.23. The molecule has 0 amide bonds. The number of benzene rings is 5. The highest BCUT2D eigenvalue weighted by atomic mass is 28.3. The molecule has 0 aliphatic rings. The van der Waals surface area contributed by atoms with Gasteiger partial charge in [-0.25, -0.2) is 0 Å². The molecule has 0 unspecified atom stereocenters. The average Bonchev–Trinajstić information content (AvgIpc) is 2.96. The van der Waals surface area contributed by atoms with Crippen molar-refractivity contribution in [2.24, 2.45) is 0 Å². The van der Waals surface area contributed by atoms with Crippen LogP contribution >= 0.6 is 0 Å². The molecule has 0 bridgehead atoms. The van der Waals surface area contributed by atoms with Gasteiger partial charge in [0.15, 0.2) is 8.07 Å². The molecule has 170 valence electrons. The Morgan fingerprint density at radius 1 is 0.457 bits per heavy atom. The van der Waals surface area contributed by atoms with Gasteiger partial charge in [-0.2, -0.15) is 0 Å². The second-order valence-electron chi connectivity index (χ2n) is 8.77. The molecule has 0 aliphatic carbocycles. The predicted molar refractivity (Wildman–Crippen MR) is 149 cm³/mol. The minimum Gasteiger partial charge on any atom is -0.377 e. The summed E-state index contributed by atoms with van der Waals surface area (Å²) in [5.41, 5.74) is 0.239. The van der Waals surface area contributed by atoms with Gasteiger partial charge in [0.25, 0.3) is 0 Å². The van der Waals surface area contributed by atoms with E-state index in [1.165, 1.54) is 15.6 Å². The van der Waals surface area contributed by atoms with Crippen LogP contribution in [0.1, 0.15) is 11.1 Å². The van der Waals surface area contributed by atoms with Gasteiger partial charge in [-0.3, -0.25) is 0 Å². The second kappa shape index (κ2) is 9.71. The maximum atomic E-state index is 12.9. The molecule has 0 aromatic heterocycles. The standard InChI is InChI=1S/C33H28OSi/c1-27(33(34,28-17-7-2-8-18-28)29-19-9-3-10-20-29)35(30-21-11-4-12-22-30,31-23-13-5-14-24-31)32-25-15-6-16-26-32/h2-26,34H,1H2. The SMILES string of the molecule is C=C(C(O)(c1ccccc1)c1ccccc1)[Si](c1ccccc1)(c1ccccc1)c1ccccc1. The van der Waals surface area contributed by atoms with Crippen LogP contribution in [0.25, 0.3) is 0 Å². The molecule has 5 aromatic carbocycles. The first-order valence-corrected chi connectivity index (χ1v) is 13.9. The second-order valence-corrected chi connectivity index (χ2v) is 12.6. The van der Waals surface area contributed by atoms with Gasteiger partial charge in [-0.15, -0.1) is 0 Å². The molecule has 5 rings (SSSR count). The van der Waals surface area contributed by atoms with E-state index in [2.05, 4.69) is 72.8 Å². The Balaban J connectivity index is 1.90. The molecule has 0 aliphatic heterocycles. The van der Waals surface area contributed by atoms with Crippen molar-refractivity contribution >= 4 is 23.6 Å². The Hall–Kier alpha value is -3.98. The lowest BCUT2D eigenvalue weighted by Gasteiger charge is -2.44. The zero-order valence-corrected chi connectivity index (χ0v) is 20.6. The fraction of sp³-hybridized carbons (Fsp3) is 0.0303. The molecule has 0 saturated heterocycles. The monoisotopic (exact) mass is 468 g/mol. The smallest absolute Gasteiger partial charge is 0.178 e. The maximum Gasteiger partial charge on any atom is 0.178 e. The Morgan fingerprint density at radius 3 is 1.00 bits per heavy atom. The Labute approximate surface area is 208 Å². The van der Waals surface area contributed by atoms with E-state index in [4.69, 9.17) is 6.58 Å². The van der Waals surface area contributed by atoms with E-state index in [-0.39, 0.29) is 0 Å². The largest absolute Gasteiger partial charge is 0.377 e. The number of hydrogen-bond acceptors (Lipinski definition) is 1. The summed E-state index contributed by atoms with van der Waals surface area (Å²) in [6.45, 7) is 4.79. The van der Waals surface area contributed by atoms with Crippen molar-refractivity contribution in [2.45, 2.75) is 5.60 Å². The van der Waals surface area contributed by atoms with Gasteiger partial charge in [0, 0.05) is 0 Å². The van der Waals surface area contributed by atoms with Gasteiger partial charge in [0.1, 0.15) is 5.60 Å². The van der Waals surface area contributed by atoms with Crippen LogP contribution in [0.3, 0.4) is 0 Å². The highest BCUT2D eigenvalue weighted by Gasteiger charge is 2.51. The Morgan fingerprint density at radius 2 is 0.714 bits per heavy atom. The van der Waals surface area contributed by atoms with Gasteiger partial charge in [0.2, 0.25) is 0 Å². The normalized spacial score (nSPS) is 11.7. The number of rotatable bonds is 7. The molecule has 5 aromatic rings. The summed E-state index contributed by atoms with van der Waals surface area (Å²) in [5.74, 6) is 0. The van der Waals surface area contributed by atoms with Crippen molar-refractivity contribution < 1.29 is 5.11 Å². The summed E-state index contributed by atoms with van der Waals surface area (Å²) in [5, 5.41) is 17.3. The quantitative estimate of drug-likeness (QED) is 0.258. The molecule has 0 spiro atoms. The third-order valence-corrected chi connectivity index (χ3v) is 11.8. The molecule has 1 N–H and O–H groups in total. The lowest BCUT2D eigenvalue weighted by molar-refractivity contribution is 0.129. The van der Waals surface area contributed by atoms with Gasteiger partial charge < -0.3 is 5.11 Å². The van der Waals surface area contributed by atoms with E-state index < -0.39 is 13.7 Å². The van der Waals surface area contributed by atoms with Crippen molar-refractivity contribution in [1.82, 2.24) is 0 Å². The lowest BCUT2D eigenvalue weighted by atomic mass is 9.86. The summed E-state index contributed by atoms with van der Waals surface area (Å²) < 4.78 is 0. The van der Waals surface area contributed by atoms with E-state index in [0.717, 1.165) is 16.3 Å². The van der Waals surface area contributed by atoms with Crippen molar-refractivity contribution in [2.75, 3.05) is 0 Å². The highest BCUT2D eigenvalue weighted by molar-refractivity contribution is 7.16. The predicted octanol–water partition coefficient (Wildman–Crippen LogP) is 5.19. The Kier molecular flexibility index (Phi) is 6.32. The molecule has 2 heteroatoms. The molecular formula is C33H28OSi. The van der Waals surface area contributed by atoms with Crippen LogP contribution in [0.5, 0.6) is 0 Å². The van der Waals surface area contributed by atoms with Crippen LogP contribution in [-0.2, 0) is 5.60 Å². The van der Waals surface area contributed by atoms with Crippen molar-refractivity contribution in [3.8, 4) is 0 Å². The molecule has 35 heavy (non-hydrogen) atoms. The van der Waals surface area contributed by atoms with Gasteiger partial charge in [-0.1, -0.05) is 158 Å². The minimum atomic E-state index is -2.97. The van der Waals surface area contributed by atoms with Crippen LogP contribution < -0.4 is 15.6 Å². The summed E-state index contributed by atoms with van der Waals surface area (Å²) in [6.07, 6.45) is 0. The van der Waals surface area contributed by atoms with E-state index >= 15 is 0 Å². The van der Waals surface area contributed by atoms with Crippen molar-refractivity contribution in [1.29, 1.82) is 0 Å². The van der Waals surface area contributed by atoms with E-state index in [1.54, 1.807) is 0 Å². The molecule has 0 radical (unpaired) electrons. The van der Waals surface area contributed by atoms with E-state index in [0.29, 0.717) is 0 Å². The fourth-order valence-corrected chi connectivity index (χ4v) is 10.2. The zero-order valence-electron chi connectivity index (χ0n) is 19.6. The molecule has 1 nitrogen and oxygen atoms in total. The maximum absolute atomic E-state index is 12.9. The summed E-state index contributed by atoms with van der Waals surface area (Å²) in [7, 11) is -2.97. The first-order chi connectivity index (χ1) is 17.2. The van der Waals surface area contributed by atoms with Gasteiger partial charge in [-0.05, 0) is 31.9 Å². The van der Waals surface area contributed by atoms with Crippen molar-refractivity contribution in [3.63, 3.8) is 0 Å². The third kappa shape index (κ3) is 3.87. The number of hydrogen-bond donors (Lipinski definition) is 1. The molecular weight excluding hydrogens is 440 g/mol. The molecule has 0 saturated carbocycles. The van der Waals surface area contributed by atoms with E-state index in [9.17, 15) is 5.11 Å². The van der Waals surface area contributed by atoms with Crippen LogP contribution in [-0.4, -0.2) is 13.2 Å². The first kappa shape index (κ1) is 22.8. The Bertz CT molecular complexity index is 1250. The average molecular weight is 469 g/mol. The van der Waals surface area contributed by atoms with Crippen molar-refractivity contribution in [3.05, 3.63) is 175 Å². The first-order valence-electron chi connectivity index (χ1n) is 11.9. The summed E-state index contributed by atoms with van der Waals surface area (Å²) >= 11 is 0. The van der Waals surface area contributed by atoms with Crippen LogP contribution in [0.4, 0.5) is 0 Å². The highest BCUT2D eigenvalue weighted by Crippen LogP contribution is 2.40. The van der Waals surface area contributed by atoms with Gasteiger partial charge >= 0.3 is 0 Å². The number of aliphatic hydroxyl groups is 1. The zero-order chi connectivity index (χ0) is 24.1. The lowest BCUT2D eigenvalue weighted by Crippen LogP contribution is -2.71.